The Bertz CT molecular complexity index is 617. The van der Waals surface area contributed by atoms with Gasteiger partial charge in [0.2, 0.25) is 0 Å². The number of hydrogen-bond donors (Lipinski definition) is 1. The van der Waals surface area contributed by atoms with Crippen molar-refractivity contribution in [2.75, 3.05) is 0 Å². The Hall–Kier alpha value is -1.09. The lowest BCUT2D eigenvalue weighted by Crippen LogP contribution is -2.14. The number of fused-ring (bicyclic) bond motifs is 1. The largest absolute Gasteiger partial charge is 0.331 e. The van der Waals surface area contributed by atoms with Crippen molar-refractivity contribution in [1.82, 2.24) is 9.55 Å². The third-order valence-corrected chi connectivity index (χ3v) is 4.73. The molecule has 1 N–H and O–H groups in total. The molecule has 1 aliphatic rings. The van der Waals surface area contributed by atoms with Gasteiger partial charge in [-0.1, -0.05) is 25.0 Å². The maximum Gasteiger partial charge on any atom is 0.178 e. The predicted octanol–water partition coefficient (Wildman–Crippen LogP) is 4.76. The summed E-state index contributed by atoms with van der Waals surface area (Å²) in [5.41, 5.74) is 3.77. The van der Waals surface area contributed by atoms with E-state index in [2.05, 4.69) is 41.6 Å². The lowest BCUT2D eigenvalue weighted by molar-refractivity contribution is 0.365. The van der Waals surface area contributed by atoms with Gasteiger partial charge in [0.25, 0.3) is 0 Å². The van der Waals surface area contributed by atoms with Crippen molar-refractivity contribution >= 4 is 23.3 Å². The standard InChI is InChI=1S/C15H20N2S/c1-10-6-5-9-13-14(10)17(15(18)16-13)11(2)12-7-3-4-8-12/h5-6,9,11-12H,3-4,7-8H2,1-2H3,(H,16,18). The zero-order valence-corrected chi connectivity index (χ0v) is 11.9. The Balaban J connectivity index is 2.15. The van der Waals surface area contributed by atoms with Crippen molar-refractivity contribution in [2.45, 2.75) is 45.6 Å². The van der Waals surface area contributed by atoms with E-state index in [4.69, 9.17) is 12.2 Å². The normalized spacial score (nSPS) is 18.6. The van der Waals surface area contributed by atoms with Gasteiger partial charge < -0.3 is 9.55 Å². The van der Waals surface area contributed by atoms with Crippen LogP contribution in [0.15, 0.2) is 18.2 Å². The first-order chi connectivity index (χ1) is 8.68. The van der Waals surface area contributed by atoms with Gasteiger partial charge in [-0.25, -0.2) is 0 Å². The van der Waals surface area contributed by atoms with Crippen molar-refractivity contribution in [3.05, 3.63) is 28.5 Å². The molecule has 0 aliphatic heterocycles. The third kappa shape index (κ3) is 1.81. The van der Waals surface area contributed by atoms with Gasteiger partial charge in [0.05, 0.1) is 11.0 Å². The first kappa shape index (κ1) is 12.0. The average molecular weight is 260 g/mol. The summed E-state index contributed by atoms with van der Waals surface area (Å²) < 4.78 is 3.22. The number of nitrogens with one attached hydrogen (secondary N) is 1. The van der Waals surface area contributed by atoms with E-state index >= 15 is 0 Å². The molecular formula is C15H20N2S. The quantitative estimate of drug-likeness (QED) is 0.772. The summed E-state index contributed by atoms with van der Waals surface area (Å²) in [6.07, 6.45) is 5.45. The SMILES string of the molecule is Cc1cccc2[nH]c(=S)n(C(C)C3CCCC3)c12. The van der Waals surface area contributed by atoms with Gasteiger partial charge in [-0.05, 0) is 56.5 Å². The molecule has 1 aromatic carbocycles. The molecule has 3 rings (SSSR count). The summed E-state index contributed by atoms with van der Waals surface area (Å²) in [4.78, 5) is 3.35. The second-order valence-electron chi connectivity index (χ2n) is 5.56. The van der Waals surface area contributed by atoms with Gasteiger partial charge in [0.15, 0.2) is 4.77 Å². The van der Waals surface area contributed by atoms with Crippen LogP contribution in [0.25, 0.3) is 11.0 Å². The number of para-hydroxylation sites is 1. The van der Waals surface area contributed by atoms with Crippen LogP contribution >= 0.6 is 12.2 Å². The van der Waals surface area contributed by atoms with Crippen molar-refractivity contribution < 1.29 is 0 Å². The number of aromatic amines is 1. The highest BCUT2D eigenvalue weighted by molar-refractivity contribution is 7.71. The molecule has 0 amide bonds. The second-order valence-corrected chi connectivity index (χ2v) is 5.94. The molecule has 0 spiro atoms. The van der Waals surface area contributed by atoms with Crippen molar-refractivity contribution in [2.24, 2.45) is 5.92 Å². The molecular weight excluding hydrogens is 240 g/mol. The van der Waals surface area contributed by atoms with E-state index in [1.54, 1.807) is 0 Å². The number of imidazole rings is 1. The fourth-order valence-electron chi connectivity index (χ4n) is 3.40. The Kier molecular flexibility index (Phi) is 3.02. The predicted molar refractivity (Wildman–Crippen MR) is 78.5 cm³/mol. The molecule has 1 atom stereocenters. The number of hydrogen-bond acceptors (Lipinski definition) is 1. The molecule has 0 radical (unpaired) electrons. The fourth-order valence-corrected chi connectivity index (χ4v) is 3.76. The minimum Gasteiger partial charge on any atom is -0.331 e. The van der Waals surface area contributed by atoms with Gasteiger partial charge in [0.1, 0.15) is 0 Å². The lowest BCUT2D eigenvalue weighted by Gasteiger charge is -2.22. The summed E-state index contributed by atoms with van der Waals surface area (Å²) in [7, 11) is 0. The van der Waals surface area contributed by atoms with Gasteiger partial charge in [-0.2, -0.15) is 0 Å². The van der Waals surface area contributed by atoms with E-state index in [1.807, 2.05) is 0 Å². The Labute approximate surface area is 113 Å². The Morgan fingerprint density at radius 3 is 2.78 bits per heavy atom. The van der Waals surface area contributed by atoms with Gasteiger partial charge >= 0.3 is 0 Å². The van der Waals surface area contributed by atoms with Crippen LogP contribution in [0.2, 0.25) is 0 Å². The minimum absolute atomic E-state index is 0.509. The van der Waals surface area contributed by atoms with E-state index < -0.39 is 0 Å². The van der Waals surface area contributed by atoms with E-state index in [-0.39, 0.29) is 0 Å². The number of benzene rings is 1. The molecule has 2 nitrogen and oxygen atoms in total. The zero-order valence-electron chi connectivity index (χ0n) is 11.1. The lowest BCUT2D eigenvalue weighted by atomic mass is 9.99. The van der Waals surface area contributed by atoms with Crippen LogP contribution in [0.3, 0.4) is 0 Å². The Morgan fingerprint density at radius 1 is 1.33 bits per heavy atom. The molecule has 1 aliphatic carbocycles. The van der Waals surface area contributed by atoms with Gasteiger partial charge in [-0.3, -0.25) is 0 Å². The highest BCUT2D eigenvalue weighted by Gasteiger charge is 2.24. The summed E-state index contributed by atoms with van der Waals surface area (Å²) >= 11 is 5.53. The van der Waals surface area contributed by atoms with E-state index in [0.717, 1.165) is 10.7 Å². The second kappa shape index (κ2) is 4.54. The first-order valence-corrected chi connectivity index (χ1v) is 7.29. The molecule has 1 fully saturated rings. The molecule has 1 aromatic heterocycles. The zero-order chi connectivity index (χ0) is 12.7. The number of nitrogens with zero attached hydrogens (tertiary/aromatic N) is 1. The highest BCUT2D eigenvalue weighted by atomic mass is 32.1. The van der Waals surface area contributed by atoms with Crippen LogP contribution in [-0.2, 0) is 0 Å². The van der Waals surface area contributed by atoms with Gasteiger partial charge in [0, 0.05) is 6.04 Å². The molecule has 96 valence electrons. The monoisotopic (exact) mass is 260 g/mol. The maximum atomic E-state index is 5.53. The van der Waals surface area contributed by atoms with Crippen LogP contribution in [-0.4, -0.2) is 9.55 Å². The van der Waals surface area contributed by atoms with Crippen LogP contribution in [0, 0.1) is 17.6 Å². The van der Waals surface area contributed by atoms with Crippen LogP contribution in [0.1, 0.15) is 44.2 Å². The topological polar surface area (TPSA) is 20.7 Å². The fraction of sp³-hybridized carbons (Fsp3) is 0.533. The van der Waals surface area contributed by atoms with E-state index in [0.29, 0.717) is 6.04 Å². The smallest absolute Gasteiger partial charge is 0.178 e. The van der Waals surface area contributed by atoms with E-state index in [9.17, 15) is 0 Å². The molecule has 3 heteroatoms. The first-order valence-electron chi connectivity index (χ1n) is 6.88. The van der Waals surface area contributed by atoms with Crippen LogP contribution < -0.4 is 0 Å². The van der Waals surface area contributed by atoms with Crippen molar-refractivity contribution in [1.29, 1.82) is 0 Å². The number of H-pyrrole nitrogens is 1. The number of aromatic nitrogens is 2. The summed E-state index contributed by atoms with van der Waals surface area (Å²) in [5.74, 6) is 0.787. The van der Waals surface area contributed by atoms with E-state index in [1.165, 1.54) is 42.3 Å². The molecule has 18 heavy (non-hydrogen) atoms. The van der Waals surface area contributed by atoms with Crippen LogP contribution in [0.5, 0.6) is 0 Å². The van der Waals surface area contributed by atoms with Crippen molar-refractivity contribution in [3.63, 3.8) is 0 Å². The molecule has 1 saturated carbocycles. The average Bonchev–Trinajstić information content (AvgIpc) is 2.95. The van der Waals surface area contributed by atoms with Crippen LogP contribution in [0.4, 0.5) is 0 Å². The molecule has 1 unspecified atom stereocenters. The third-order valence-electron chi connectivity index (χ3n) is 4.43. The van der Waals surface area contributed by atoms with Gasteiger partial charge in [-0.15, -0.1) is 0 Å². The molecule has 1 heterocycles. The maximum absolute atomic E-state index is 5.53. The van der Waals surface area contributed by atoms with Crippen molar-refractivity contribution in [3.8, 4) is 0 Å². The molecule has 2 aromatic rings. The molecule has 0 bridgehead atoms. The summed E-state index contributed by atoms with van der Waals surface area (Å²) in [5, 5.41) is 0. The minimum atomic E-state index is 0.509. The number of rotatable bonds is 2. The molecule has 0 saturated heterocycles. The number of aryl methyl sites for hydroxylation is 1. The Morgan fingerprint density at radius 2 is 2.06 bits per heavy atom. The summed E-state index contributed by atoms with van der Waals surface area (Å²) in [6, 6.07) is 6.89. The highest BCUT2D eigenvalue weighted by Crippen LogP contribution is 2.36. The summed E-state index contributed by atoms with van der Waals surface area (Å²) in [6.45, 7) is 4.49.